The molecule has 0 aliphatic rings. The maximum absolute atomic E-state index is 6.08. The molecule has 0 amide bonds. The third kappa shape index (κ3) is 2.87. The van der Waals surface area contributed by atoms with Crippen LogP contribution in [0, 0.1) is 11.8 Å². The molecule has 0 heterocycles. The van der Waals surface area contributed by atoms with Gasteiger partial charge in [-0.2, -0.15) is 0 Å². The molecule has 1 nitrogen and oxygen atoms in total. The van der Waals surface area contributed by atoms with E-state index in [1.807, 2.05) is 6.92 Å². The van der Waals surface area contributed by atoms with Gasteiger partial charge in [-0.1, -0.05) is 42.5 Å². The minimum absolute atomic E-state index is 0.119. The molecule has 0 aliphatic carbocycles. The molecule has 1 atom stereocenters. The molecule has 1 unspecified atom stereocenters. The molecule has 0 saturated heterocycles. The summed E-state index contributed by atoms with van der Waals surface area (Å²) < 4.78 is 0. The lowest BCUT2D eigenvalue weighted by Gasteiger charge is -2.10. The molecule has 2 N–H and O–H groups in total. The summed E-state index contributed by atoms with van der Waals surface area (Å²) in [6, 6.07) is 14.9. The van der Waals surface area contributed by atoms with Gasteiger partial charge in [-0.25, -0.2) is 0 Å². The number of rotatable bonds is 3. The van der Waals surface area contributed by atoms with Gasteiger partial charge in [-0.3, -0.25) is 0 Å². The minimum atomic E-state index is 0.119. The van der Waals surface area contributed by atoms with Crippen LogP contribution in [0.25, 0.3) is 10.8 Å². The molecule has 86 valence electrons. The van der Waals surface area contributed by atoms with E-state index < -0.39 is 0 Å². The summed E-state index contributed by atoms with van der Waals surface area (Å²) >= 11 is 0. The van der Waals surface area contributed by atoms with E-state index in [0.717, 1.165) is 12.8 Å². The molecule has 2 aromatic rings. The van der Waals surface area contributed by atoms with Crippen molar-refractivity contribution in [3.8, 4) is 11.8 Å². The highest BCUT2D eigenvalue weighted by Gasteiger charge is 2.05. The van der Waals surface area contributed by atoms with Gasteiger partial charge in [0.25, 0.3) is 0 Å². The second-order valence-corrected chi connectivity index (χ2v) is 4.23. The van der Waals surface area contributed by atoms with E-state index in [-0.39, 0.29) is 6.04 Å². The SMILES string of the molecule is CC#CCC(N)Cc1cccc2ccccc12. The van der Waals surface area contributed by atoms with Crippen LogP contribution in [-0.2, 0) is 6.42 Å². The van der Waals surface area contributed by atoms with Crippen molar-refractivity contribution in [2.45, 2.75) is 25.8 Å². The Balaban J connectivity index is 2.25. The first-order valence-electron chi connectivity index (χ1n) is 5.93. The first-order valence-corrected chi connectivity index (χ1v) is 5.93. The number of nitrogens with two attached hydrogens (primary N) is 1. The summed E-state index contributed by atoms with van der Waals surface area (Å²) in [4.78, 5) is 0. The average molecular weight is 223 g/mol. The zero-order valence-corrected chi connectivity index (χ0v) is 10.1. The van der Waals surface area contributed by atoms with Crippen LogP contribution in [0.4, 0.5) is 0 Å². The van der Waals surface area contributed by atoms with Crippen molar-refractivity contribution in [1.82, 2.24) is 0 Å². The van der Waals surface area contributed by atoms with Gasteiger partial charge in [-0.15, -0.1) is 11.8 Å². The maximum Gasteiger partial charge on any atom is 0.0244 e. The Kier molecular flexibility index (Phi) is 3.80. The minimum Gasteiger partial charge on any atom is -0.327 e. The van der Waals surface area contributed by atoms with Gasteiger partial charge in [0.1, 0.15) is 0 Å². The summed E-state index contributed by atoms with van der Waals surface area (Å²) in [7, 11) is 0. The molecule has 0 spiro atoms. The van der Waals surface area contributed by atoms with E-state index in [2.05, 4.69) is 54.3 Å². The van der Waals surface area contributed by atoms with Gasteiger partial charge in [0.2, 0.25) is 0 Å². The summed E-state index contributed by atoms with van der Waals surface area (Å²) in [6.45, 7) is 1.85. The molecular weight excluding hydrogens is 206 g/mol. The number of benzene rings is 2. The van der Waals surface area contributed by atoms with Crippen LogP contribution in [0.2, 0.25) is 0 Å². The Hall–Kier alpha value is -1.78. The fourth-order valence-electron chi connectivity index (χ4n) is 2.06. The smallest absolute Gasteiger partial charge is 0.0244 e. The quantitative estimate of drug-likeness (QED) is 0.795. The zero-order chi connectivity index (χ0) is 12.1. The van der Waals surface area contributed by atoms with Crippen LogP contribution in [0.5, 0.6) is 0 Å². The molecule has 17 heavy (non-hydrogen) atoms. The van der Waals surface area contributed by atoms with Crippen molar-refractivity contribution in [3.63, 3.8) is 0 Å². The summed E-state index contributed by atoms with van der Waals surface area (Å²) in [5.74, 6) is 5.93. The van der Waals surface area contributed by atoms with Gasteiger partial charge in [0, 0.05) is 12.5 Å². The number of hydrogen-bond acceptors (Lipinski definition) is 1. The molecule has 0 aliphatic heterocycles. The predicted octanol–water partition coefficient (Wildman–Crippen LogP) is 3.12. The molecule has 1 heteroatoms. The third-order valence-corrected chi connectivity index (χ3v) is 2.90. The fourth-order valence-corrected chi connectivity index (χ4v) is 2.06. The van der Waals surface area contributed by atoms with Gasteiger partial charge in [0.15, 0.2) is 0 Å². The lowest BCUT2D eigenvalue weighted by atomic mass is 9.98. The van der Waals surface area contributed by atoms with E-state index in [4.69, 9.17) is 5.73 Å². The lowest BCUT2D eigenvalue weighted by molar-refractivity contribution is 0.692. The fraction of sp³-hybridized carbons (Fsp3) is 0.250. The van der Waals surface area contributed by atoms with Crippen molar-refractivity contribution in [1.29, 1.82) is 0 Å². The highest BCUT2D eigenvalue weighted by molar-refractivity contribution is 5.85. The van der Waals surface area contributed by atoms with Gasteiger partial charge in [-0.05, 0) is 29.7 Å². The molecule has 2 aromatic carbocycles. The van der Waals surface area contributed by atoms with Crippen LogP contribution in [0.15, 0.2) is 42.5 Å². The highest BCUT2D eigenvalue weighted by Crippen LogP contribution is 2.19. The number of fused-ring (bicyclic) bond motifs is 1. The molecule has 0 fully saturated rings. The van der Waals surface area contributed by atoms with Crippen LogP contribution < -0.4 is 5.73 Å². The van der Waals surface area contributed by atoms with Crippen molar-refractivity contribution in [3.05, 3.63) is 48.0 Å². The monoisotopic (exact) mass is 223 g/mol. The second kappa shape index (κ2) is 5.52. The third-order valence-electron chi connectivity index (χ3n) is 2.90. The van der Waals surface area contributed by atoms with Crippen LogP contribution in [0.3, 0.4) is 0 Å². The zero-order valence-electron chi connectivity index (χ0n) is 10.1. The first-order chi connectivity index (χ1) is 8.31. The largest absolute Gasteiger partial charge is 0.327 e. The van der Waals surface area contributed by atoms with E-state index in [1.165, 1.54) is 16.3 Å². The molecule has 0 aromatic heterocycles. The summed E-state index contributed by atoms with van der Waals surface area (Å²) in [5, 5.41) is 2.58. The van der Waals surface area contributed by atoms with E-state index >= 15 is 0 Å². The van der Waals surface area contributed by atoms with Crippen LogP contribution in [-0.4, -0.2) is 6.04 Å². The van der Waals surface area contributed by atoms with E-state index in [9.17, 15) is 0 Å². The highest BCUT2D eigenvalue weighted by atomic mass is 14.6. The number of hydrogen-bond donors (Lipinski definition) is 1. The Labute approximate surface area is 103 Å². The molecule has 0 bridgehead atoms. The Morgan fingerprint density at radius 2 is 1.88 bits per heavy atom. The Bertz CT molecular complexity index is 555. The summed E-state index contributed by atoms with van der Waals surface area (Å²) in [5.41, 5.74) is 7.39. The van der Waals surface area contributed by atoms with Gasteiger partial charge >= 0.3 is 0 Å². The normalized spacial score (nSPS) is 11.9. The van der Waals surface area contributed by atoms with Crippen molar-refractivity contribution >= 4 is 10.8 Å². The van der Waals surface area contributed by atoms with Crippen molar-refractivity contribution < 1.29 is 0 Å². The van der Waals surface area contributed by atoms with Crippen molar-refractivity contribution in [2.24, 2.45) is 5.73 Å². The van der Waals surface area contributed by atoms with Gasteiger partial charge in [0.05, 0.1) is 0 Å². The molecule has 0 radical (unpaired) electrons. The van der Waals surface area contributed by atoms with E-state index in [1.54, 1.807) is 0 Å². The maximum atomic E-state index is 6.08. The lowest BCUT2D eigenvalue weighted by Crippen LogP contribution is -2.22. The van der Waals surface area contributed by atoms with Crippen molar-refractivity contribution in [2.75, 3.05) is 0 Å². The first kappa shape index (κ1) is 11.7. The topological polar surface area (TPSA) is 26.0 Å². The summed E-state index contributed by atoms with van der Waals surface area (Å²) in [6.07, 6.45) is 1.65. The average Bonchev–Trinajstić information content (AvgIpc) is 2.37. The van der Waals surface area contributed by atoms with Gasteiger partial charge < -0.3 is 5.73 Å². The van der Waals surface area contributed by atoms with Crippen LogP contribution in [0.1, 0.15) is 18.9 Å². The van der Waals surface area contributed by atoms with Crippen LogP contribution >= 0.6 is 0 Å². The second-order valence-electron chi connectivity index (χ2n) is 4.23. The Morgan fingerprint density at radius 1 is 1.12 bits per heavy atom. The standard InChI is InChI=1S/C16H17N/c1-2-3-10-15(17)12-14-9-6-8-13-7-4-5-11-16(13)14/h4-9,11,15H,10,12,17H2,1H3. The Morgan fingerprint density at radius 3 is 2.71 bits per heavy atom. The molecular formula is C16H17N. The molecule has 2 rings (SSSR count). The molecule has 0 saturated carbocycles. The van der Waals surface area contributed by atoms with E-state index in [0.29, 0.717) is 0 Å². The predicted molar refractivity (Wildman–Crippen MR) is 73.7 cm³/mol.